The summed E-state index contributed by atoms with van der Waals surface area (Å²) >= 11 is 0. The molecule has 0 bridgehead atoms. The van der Waals surface area contributed by atoms with E-state index < -0.39 is 10.0 Å². The van der Waals surface area contributed by atoms with Crippen LogP contribution < -0.4 is 5.32 Å². The first-order chi connectivity index (χ1) is 10.0. The Morgan fingerprint density at radius 1 is 1.10 bits per heavy atom. The molecule has 1 heterocycles. The van der Waals surface area contributed by atoms with Gasteiger partial charge in [0.1, 0.15) is 0 Å². The quantitative estimate of drug-likeness (QED) is 0.793. The smallest absolute Gasteiger partial charge is 0.211 e. The standard InChI is InChI=1S/C16H32N2O2S/c1-3-17-16-10-6-4-5-9-15(16)12-14-8-7-11-18(13-14)21(2,19)20/h14-17H,3-13H2,1-2H3. The Hall–Kier alpha value is -0.130. The molecule has 3 unspecified atom stereocenters. The Bertz CT molecular complexity index is 411. The van der Waals surface area contributed by atoms with E-state index in [1.807, 2.05) is 0 Å². The second kappa shape index (κ2) is 7.93. The van der Waals surface area contributed by atoms with E-state index in [9.17, 15) is 8.42 Å². The van der Waals surface area contributed by atoms with Gasteiger partial charge in [-0.2, -0.15) is 0 Å². The van der Waals surface area contributed by atoms with Gasteiger partial charge in [-0.05, 0) is 50.5 Å². The Kier molecular flexibility index (Phi) is 6.51. The van der Waals surface area contributed by atoms with E-state index >= 15 is 0 Å². The van der Waals surface area contributed by atoms with Crippen molar-refractivity contribution >= 4 is 10.0 Å². The van der Waals surface area contributed by atoms with Crippen LogP contribution in [0.1, 0.15) is 58.3 Å². The van der Waals surface area contributed by atoms with Gasteiger partial charge >= 0.3 is 0 Å². The molecule has 0 radical (unpaired) electrons. The van der Waals surface area contributed by atoms with E-state index in [0.29, 0.717) is 12.0 Å². The summed E-state index contributed by atoms with van der Waals surface area (Å²) < 4.78 is 25.2. The summed E-state index contributed by atoms with van der Waals surface area (Å²) in [6.07, 6.45) is 11.4. The van der Waals surface area contributed by atoms with Crippen molar-refractivity contribution in [1.29, 1.82) is 0 Å². The minimum absolute atomic E-state index is 0.553. The minimum atomic E-state index is -3.01. The average molecular weight is 317 g/mol. The molecule has 1 aliphatic carbocycles. The third-order valence-electron chi connectivity index (χ3n) is 5.21. The van der Waals surface area contributed by atoms with Crippen LogP contribution in [0.2, 0.25) is 0 Å². The van der Waals surface area contributed by atoms with Gasteiger partial charge in [0.2, 0.25) is 10.0 Å². The fourth-order valence-electron chi connectivity index (χ4n) is 4.15. The molecule has 4 nitrogen and oxygen atoms in total. The minimum Gasteiger partial charge on any atom is -0.314 e. The summed E-state index contributed by atoms with van der Waals surface area (Å²) in [6.45, 7) is 4.69. The van der Waals surface area contributed by atoms with Gasteiger partial charge in [0.05, 0.1) is 6.26 Å². The molecule has 1 aliphatic heterocycles. The molecule has 21 heavy (non-hydrogen) atoms. The van der Waals surface area contributed by atoms with Gasteiger partial charge in [0.25, 0.3) is 0 Å². The molecule has 5 heteroatoms. The third kappa shape index (κ3) is 5.22. The molecule has 1 saturated carbocycles. The largest absolute Gasteiger partial charge is 0.314 e. The highest BCUT2D eigenvalue weighted by Gasteiger charge is 2.30. The zero-order chi connectivity index (χ0) is 15.3. The first-order valence-electron chi connectivity index (χ1n) is 8.69. The third-order valence-corrected chi connectivity index (χ3v) is 6.48. The molecule has 2 aliphatic rings. The lowest BCUT2D eigenvalue weighted by Gasteiger charge is -2.35. The number of nitrogens with zero attached hydrogens (tertiary/aromatic N) is 1. The Morgan fingerprint density at radius 3 is 2.57 bits per heavy atom. The van der Waals surface area contributed by atoms with Crippen molar-refractivity contribution in [2.45, 2.75) is 64.3 Å². The fourth-order valence-corrected chi connectivity index (χ4v) is 5.09. The summed E-state index contributed by atoms with van der Waals surface area (Å²) in [5.74, 6) is 1.29. The van der Waals surface area contributed by atoms with Crippen LogP contribution in [0.5, 0.6) is 0 Å². The molecule has 124 valence electrons. The molecule has 0 aromatic carbocycles. The van der Waals surface area contributed by atoms with Crippen LogP contribution in [0.3, 0.4) is 0 Å². The highest BCUT2D eigenvalue weighted by molar-refractivity contribution is 7.88. The predicted octanol–water partition coefficient (Wildman–Crippen LogP) is 2.61. The monoisotopic (exact) mass is 316 g/mol. The van der Waals surface area contributed by atoms with E-state index in [4.69, 9.17) is 0 Å². The van der Waals surface area contributed by atoms with Crippen molar-refractivity contribution in [2.75, 3.05) is 25.9 Å². The number of rotatable bonds is 5. The lowest BCUT2D eigenvalue weighted by Crippen LogP contribution is -2.42. The average Bonchev–Trinajstić information content (AvgIpc) is 2.65. The SMILES string of the molecule is CCNC1CCCCCC1CC1CCCN(S(C)(=O)=O)C1. The highest BCUT2D eigenvalue weighted by atomic mass is 32.2. The Balaban J connectivity index is 1.94. The Labute approximate surface area is 130 Å². The molecular formula is C16H32N2O2S. The molecule has 0 aromatic heterocycles. The molecule has 2 fully saturated rings. The number of hydrogen-bond acceptors (Lipinski definition) is 3. The fraction of sp³-hybridized carbons (Fsp3) is 1.00. The molecule has 1 N–H and O–H groups in total. The highest BCUT2D eigenvalue weighted by Crippen LogP contribution is 2.32. The molecule has 1 saturated heterocycles. The Morgan fingerprint density at radius 2 is 1.86 bits per heavy atom. The summed E-state index contributed by atoms with van der Waals surface area (Å²) in [5.41, 5.74) is 0. The van der Waals surface area contributed by atoms with Crippen LogP contribution in [-0.4, -0.2) is 44.7 Å². The second-order valence-electron chi connectivity index (χ2n) is 6.93. The van der Waals surface area contributed by atoms with Crippen molar-refractivity contribution in [3.05, 3.63) is 0 Å². The van der Waals surface area contributed by atoms with Gasteiger partial charge in [-0.15, -0.1) is 0 Å². The van der Waals surface area contributed by atoms with Gasteiger partial charge in [-0.1, -0.05) is 26.2 Å². The summed E-state index contributed by atoms with van der Waals surface area (Å²) in [4.78, 5) is 0. The number of hydrogen-bond donors (Lipinski definition) is 1. The zero-order valence-electron chi connectivity index (χ0n) is 13.7. The normalized spacial score (nSPS) is 32.8. The predicted molar refractivity (Wildman–Crippen MR) is 87.8 cm³/mol. The van der Waals surface area contributed by atoms with Gasteiger partial charge < -0.3 is 5.32 Å². The van der Waals surface area contributed by atoms with E-state index in [1.54, 1.807) is 4.31 Å². The van der Waals surface area contributed by atoms with Gasteiger partial charge in [-0.25, -0.2) is 12.7 Å². The first kappa shape index (κ1) is 17.2. The molecular weight excluding hydrogens is 284 g/mol. The van der Waals surface area contributed by atoms with Crippen molar-refractivity contribution < 1.29 is 8.42 Å². The van der Waals surface area contributed by atoms with Crippen molar-refractivity contribution in [2.24, 2.45) is 11.8 Å². The van der Waals surface area contributed by atoms with Crippen molar-refractivity contribution in [3.8, 4) is 0 Å². The molecule has 2 rings (SSSR count). The van der Waals surface area contributed by atoms with E-state index in [-0.39, 0.29) is 0 Å². The molecule has 0 spiro atoms. The lowest BCUT2D eigenvalue weighted by atomic mass is 9.82. The van der Waals surface area contributed by atoms with E-state index in [1.165, 1.54) is 51.2 Å². The van der Waals surface area contributed by atoms with Crippen molar-refractivity contribution in [3.63, 3.8) is 0 Å². The van der Waals surface area contributed by atoms with Gasteiger partial charge in [0, 0.05) is 19.1 Å². The summed E-state index contributed by atoms with van der Waals surface area (Å²) in [5, 5.41) is 3.67. The van der Waals surface area contributed by atoms with E-state index in [0.717, 1.165) is 32.0 Å². The maximum Gasteiger partial charge on any atom is 0.211 e. The van der Waals surface area contributed by atoms with Crippen LogP contribution in [-0.2, 0) is 10.0 Å². The van der Waals surface area contributed by atoms with Crippen LogP contribution in [0, 0.1) is 11.8 Å². The lowest BCUT2D eigenvalue weighted by molar-refractivity contribution is 0.203. The first-order valence-corrected chi connectivity index (χ1v) is 10.5. The zero-order valence-corrected chi connectivity index (χ0v) is 14.5. The number of piperidine rings is 1. The summed E-state index contributed by atoms with van der Waals surface area (Å²) in [6, 6.07) is 0.645. The maximum absolute atomic E-state index is 11.8. The molecule has 0 aromatic rings. The number of sulfonamides is 1. The molecule has 0 amide bonds. The maximum atomic E-state index is 11.8. The summed E-state index contributed by atoms with van der Waals surface area (Å²) in [7, 11) is -3.01. The van der Waals surface area contributed by atoms with Crippen LogP contribution >= 0.6 is 0 Å². The van der Waals surface area contributed by atoms with Crippen LogP contribution in [0.15, 0.2) is 0 Å². The van der Waals surface area contributed by atoms with Crippen LogP contribution in [0.4, 0.5) is 0 Å². The van der Waals surface area contributed by atoms with Gasteiger partial charge in [-0.3, -0.25) is 0 Å². The second-order valence-corrected chi connectivity index (χ2v) is 8.91. The number of nitrogens with one attached hydrogen (secondary N) is 1. The van der Waals surface area contributed by atoms with Crippen molar-refractivity contribution in [1.82, 2.24) is 9.62 Å². The van der Waals surface area contributed by atoms with Crippen LogP contribution in [0.25, 0.3) is 0 Å². The van der Waals surface area contributed by atoms with Gasteiger partial charge in [0.15, 0.2) is 0 Å². The topological polar surface area (TPSA) is 49.4 Å². The molecule has 3 atom stereocenters. The van der Waals surface area contributed by atoms with E-state index in [2.05, 4.69) is 12.2 Å².